The van der Waals surface area contributed by atoms with Crippen molar-refractivity contribution in [3.05, 3.63) is 86.9 Å². The Morgan fingerprint density at radius 2 is 1.56 bits per heavy atom. The van der Waals surface area contributed by atoms with Gasteiger partial charge in [0.15, 0.2) is 0 Å². The fourth-order valence-corrected chi connectivity index (χ4v) is 4.25. The molecule has 34 heavy (non-hydrogen) atoms. The van der Waals surface area contributed by atoms with Gasteiger partial charge in [-0.1, -0.05) is 34.8 Å². The van der Waals surface area contributed by atoms with Crippen LogP contribution >= 0.6 is 34.8 Å². The van der Waals surface area contributed by atoms with Crippen LogP contribution in [0.25, 0.3) is 0 Å². The number of anilines is 2. The highest BCUT2D eigenvalue weighted by atomic mass is 35.5. The first-order valence-corrected chi connectivity index (χ1v) is 11.7. The first kappa shape index (κ1) is 24.2. The maximum Gasteiger partial charge on any atom is 0.257 e. The number of ether oxygens (including phenoxy) is 1. The van der Waals surface area contributed by atoms with Gasteiger partial charge in [0.1, 0.15) is 5.75 Å². The van der Waals surface area contributed by atoms with Crippen molar-refractivity contribution in [1.82, 2.24) is 4.90 Å². The van der Waals surface area contributed by atoms with Crippen molar-refractivity contribution in [1.29, 1.82) is 0 Å². The summed E-state index contributed by atoms with van der Waals surface area (Å²) in [4.78, 5) is 29.5. The van der Waals surface area contributed by atoms with Crippen LogP contribution in [0.2, 0.25) is 15.1 Å². The molecule has 0 bridgehead atoms. The second-order valence-corrected chi connectivity index (χ2v) is 9.00. The van der Waals surface area contributed by atoms with E-state index in [1.807, 2.05) is 24.3 Å². The monoisotopic (exact) mass is 517 g/mol. The highest BCUT2D eigenvalue weighted by Crippen LogP contribution is 2.26. The third-order valence-electron chi connectivity index (χ3n) is 5.63. The van der Waals surface area contributed by atoms with E-state index < -0.39 is 0 Å². The first-order valence-electron chi connectivity index (χ1n) is 10.6. The number of nitrogens with zero attached hydrogens (tertiary/aromatic N) is 2. The van der Waals surface area contributed by atoms with Crippen molar-refractivity contribution in [2.75, 3.05) is 43.5 Å². The molecule has 3 aromatic carbocycles. The molecule has 1 fully saturated rings. The summed E-state index contributed by atoms with van der Waals surface area (Å²) >= 11 is 18.0. The van der Waals surface area contributed by atoms with E-state index in [4.69, 9.17) is 39.5 Å². The Bertz CT molecular complexity index is 1210. The molecule has 0 aliphatic carbocycles. The second-order valence-electron chi connectivity index (χ2n) is 7.75. The van der Waals surface area contributed by atoms with Gasteiger partial charge < -0.3 is 19.9 Å². The van der Waals surface area contributed by atoms with Gasteiger partial charge in [-0.2, -0.15) is 0 Å². The first-order chi connectivity index (χ1) is 16.4. The molecule has 4 rings (SSSR count). The number of halogens is 3. The summed E-state index contributed by atoms with van der Waals surface area (Å²) in [5, 5.41) is 4.08. The minimum atomic E-state index is -0.269. The molecule has 1 N–H and O–H groups in total. The van der Waals surface area contributed by atoms with Crippen LogP contribution in [0.4, 0.5) is 11.4 Å². The number of amides is 2. The summed E-state index contributed by atoms with van der Waals surface area (Å²) in [6, 6.07) is 17.4. The molecule has 176 valence electrons. The summed E-state index contributed by atoms with van der Waals surface area (Å²) in [6.07, 6.45) is 0. The Hall–Kier alpha value is -2.93. The van der Waals surface area contributed by atoms with Crippen LogP contribution in [-0.4, -0.2) is 50.0 Å². The molecule has 0 radical (unpaired) electrons. The Balaban J connectivity index is 1.36. The Kier molecular flexibility index (Phi) is 7.51. The van der Waals surface area contributed by atoms with Crippen LogP contribution in [0.5, 0.6) is 5.75 Å². The van der Waals surface area contributed by atoms with Gasteiger partial charge in [-0.15, -0.1) is 0 Å². The predicted octanol–water partition coefficient (Wildman–Crippen LogP) is 5.87. The number of hydrogen-bond donors (Lipinski definition) is 1. The van der Waals surface area contributed by atoms with E-state index in [0.717, 1.165) is 5.69 Å². The molecule has 0 atom stereocenters. The Morgan fingerprint density at radius 1 is 0.853 bits per heavy atom. The third kappa shape index (κ3) is 5.41. The average Bonchev–Trinajstić information content (AvgIpc) is 2.85. The minimum absolute atomic E-state index is 0.0978. The standard InChI is InChI=1S/C25H22Cl3N3O3/c1-34-23-9-3-17(26)15-20(23)25(33)31-12-10-30(11-13-31)19-6-4-18(5-7-19)29-24(32)16-2-8-21(27)22(28)14-16/h2-9,14-15H,10-13H2,1H3,(H,29,32). The highest BCUT2D eigenvalue weighted by molar-refractivity contribution is 6.42. The molecule has 2 amide bonds. The summed E-state index contributed by atoms with van der Waals surface area (Å²) in [7, 11) is 1.54. The van der Waals surface area contributed by atoms with Crippen LogP contribution in [0.3, 0.4) is 0 Å². The van der Waals surface area contributed by atoms with Crippen LogP contribution in [0.1, 0.15) is 20.7 Å². The van der Waals surface area contributed by atoms with Crippen molar-refractivity contribution in [2.45, 2.75) is 0 Å². The molecule has 3 aromatic rings. The molecule has 1 saturated heterocycles. The predicted molar refractivity (Wildman–Crippen MR) is 137 cm³/mol. The van der Waals surface area contributed by atoms with Crippen molar-refractivity contribution in [2.24, 2.45) is 0 Å². The molecule has 1 aliphatic heterocycles. The maximum absolute atomic E-state index is 13.0. The zero-order valence-corrected chi connectivity index (χ0v) is 20.6. The Morgan fingerprint density at radius 3 is 2.21 bits per heavy atom. The topological polar surface area (TPSA) is 61.9 Å². The number of carbonyl (C=O) groups is 2. The molecular weight excluding hydrogens is 497 g/mol. The van der Waals surface area contributed by atoms with Gasteiger partial charge in [0, 0.05) is 48.1 Å². The van der Waals surface area contributed by atoms with Crippen LogP contribution in [-0.2, 0) is 0 Å². The van der Waals surface area contributed by atoms with Gasteiger partial charge in [-0.05, 0) is 60.7 Å². The lowest BCUT2D eigenvalue weighted by Gasteiger charge is -2.36. The number of rotatable bonds is 5. The normalized spacial score (nSPS) is 13.5. The highest BCUT2D eigenvalue weighted by Gasteiger charge is 2.24. The molecular formula is C25H22Cl3N3O3. The number of piperazine rings is 1. The number of nitrogens with one attached hydrogen (secondary N) is 1. The lowest BCUT2D eigenvalue weighted by molar-refractivity contribution is 0.0743. The van der Waals surface area contributed by atoms with E-state index in [9.17, 15) is 9.59 Å². The van der Waals surface area contributed by atoms with Gasteiger partial charge >= 0.3 is 0 Å². The fraction of sp³-hybridized carbons (Fsp3) is 0.200. The van der Waals surface area contributed by atoms with Crippen LogP contribution in [0.15, 0.2) is 60.7 Å². The molecule has 6 nitrogen and oxygen atoms in total. The Labute approximate surface area is 213 Å². The molecule has 1 heterocycles. The summed E-state index contributed by atoms with van der Waals surface area (Å²) in [6.45, 7) is 2.52. The van der Waals surface area contributed by atoms with E-state index >= 15 is 0 Å². The van der Waals surface area contributed by atoms with E-state index in [-0.39, 0.29) is 11.8 Å². The SMILES string of the molecule is COc1ccc(Cl)cc1C(=O)N1CCN(c2ccc(NC(=O)c3ccc(Cl)c(Cl)c3)cc2)CC1. The maximum atomic E-state index is 13.0. The van der Waals surface area contributed by atoms with Crippen molar-refractivity contribution < 1.29 is 14.3 Å². The van der Waals surface area contributed by atoms with Crippen molar-refractivity contribution in [3.8, 4) is 5.75 Å². The summed E-state index contributed by atoms with van der Waals surface area (Å²) in [5.74, 6) is 0.143. The molecule has 0 unspecified atom stereocenters. The van der Waals surface area contributed by atoms with Gasteiger partial charge in [-0.3, -0.25) is 9.59 Å². The summed E-state index contributed by atoms with van der Waals surface area (Å²) < 4.78 is 5.32. The zero-order valence-electron chi connectivity index (χ0n) is 18.4. The van der Waals surface area contributed by atoms with E-state index in [1.54, 1.807) is 35.2 Å². The van der Waals surface area contributed by atoms with E-state index in [1.165, 1.54) is 13.2 Å². The molecule has 0 aromatic heterocycles. The minimum Gasteiger partial charge on any atom is -0.496 e. The molecule has 0 saturated carbocycles. The number of methoxy groups -OCH3 is 1. The largest absolute Gasteiger partial charge is 0.496 e. The lowest BCUT2D eigenvalue weighted by Crippen LogP contribution is -2.48. The second kappa shape index (κ2) is 10.6. The van der Waals surface area contributed by atoms with Gasteiger partial charge in [0.05, 0.1) is 22.7 Å². The zero-order chi connectivity index (χ0) is 24.2. The smallest absolute Gasteiger partial charge is 0.257 e. The third-order valence-corrected chi connectivity index (χ3v) is 6.61. The van der Waals surface area contributed by atoms with E-state index in [0.29, 0.717) is 63.8 Å². The van der Waals surface area contributed by atoms with Crippen molar-refractivity contribution in [3.63, 3.8) is 0 Å². The van der Waals surface area contributed by atoms with Crippen LogP contribution < -0.4 is 15.0 Å². The van der Waals surface area contributed by atoms with Crippen molar-refractivity contribution >= 4 is 58.0 Å². The number of hydrogen-bond acceptors (Lipinski definition) is 4. The average molecular weight is 519 g/mol. The quantitative estimate of drug-likeness (QED) is 0.459. The summed E-state index contributed by atoms with van der Waals surface area (Å²) in [5.41, 5.74) is 2.57. The molecule has 1 aliphatic rings. The van der Waals surface area contributed by atoms with Crippen LogP contribution in [0, 0.1) is 0 Å². The number of carbonyl (C=O) groups excluding carboxylic acids is 2. The fourth-order valence-electron chi connectivity index (χ4n) is 3.78. The van der Waals surface area contributed by atoms with Gasteiger partial charge in [-0.25, -0.2) is 0 Å². The van der Waals surface area contributed by atoms with Gasteiger partial charge in [0.2, 0.25) is 0 Å². The molecule has 9 heteroatoms. The lowest BCUT2D eigenvalue weighted by atomic mass is 10.1. The van der Waals surface area contributed by atoms with Gasteiger partial charge in [0.25, 0.3) is 11.8 Å². The molecule has 0 spiro atoms. The van der Waals surface area contributed by atoms with E-state index in [2.05, 4.69) is 10.2 Å². The number of benzene rings is 3.